The third-order valence-corrected chi connectivity index (χ3v) is 3.46. The maximum atomic E-state index is 12.9. The molecule has 19 heavy (non-hydrogen) atoms. The fraction of sp³-hybridized carbons (Fsp3) is 0.769. The summed E-state index contributed by atoms with van der Waals surface area (Å²) >= 11 is 1.17. The van der Waals surface area contributed by atoms with Gasteiger partial charge in [-0.15, -0.1) is 11.3 Å². The quantitative estimate of drug-likeness (QED) is 0.821. The van der Waals surface area contributed by atoms with Crippen molar-refractivity contribution in [1.82, 2.24) is 10.3 Å². The number of hydrogen-bond acceptors (Lipinski definition) is 3. The van der Waals surface area contributed by atoms with E-state index in [9.17, 15) is 13.2 Å². The molecule has 0 saturated carbocycles. The first kappa shape index (κ1) is 16.4. The normalized spacial score (nSPS) is 13.0. The number of alkyl halides is 3. The highest BCUT2D eigenvalue weighted by Gasteiger charge is 2.37. The number of hydrogen-bond donors (Lipinski definition) is 1. The van der Waals surface area contributed by atoms with E-state index < -0.39 is 11.9 Å². The highest BCUT2D eigenvalue weighted by molar-refractivity contribution is 7.11. The van der Waals surface area contributed by atoms with E-state index in [1.165, 1.54) is 11.3 Å². The van der Waals surface area contributed by atoms with Crippen molar-refractivity contribution in [2.45, 2.75) is 53.3 Å². The van der Waals surface area contributed by atoms with Gasteiger partial charge in [0.05, 0.1) is 9.88 Å². The molecular weight excluding hydrogens is 273 g/mol. The van der Waals surface area contributed by atoms with Crippen LogP contribution in [-0.2, 0) is 19.1 Å². The molecule has 0 unspecified atom stereocenters. The molecule has 0 aromatic carbocycles. The van der Waals surface area contributed by atoms with Crippen LogP contribution in [0.5, 0.6) is 0 Å². The molecule has 2 nitrogen and oxygen atoms in total. The van der Waals surface area contributed by atoms with Crippen LogP contribution in [0.25, 0.3) is 0 Å². The molecule has 0 radical (unpaired) electrons. The molecule has 1 rings (SSSR count). The Morgan fingerprint density at radius 3 is 2.32 bits per heavy atom. The van der Waals surface area contributed by atoms with E-state index in [0.717, 1.165) is 6.42 Å². The Hall–Kier alpha value is -0.620. The van der Waals surface area contributed by atoms with E-state index in [1.54, 1.807) is 0 Å². The van der Waals surface area contributed by atoms with E-state index >= 15 is 0 Å². The zero-order chi connectivity index (χ0) is 14.7. The van der Waals surface area contributed by atoms with E-state index in [1.807, 2.05) is 27.7 Å². The number of aromatic nitrogens is 1. The van der Waals surface area contributed by atoms with E-state index in [0.29, 0.717) is 22.9 Å². The van der Waals surface area contributed by atoms with Gasteiger partial charge in [-0.25, -0.2) is 4.98 Å². The van der Waals surface area contributed by atoms with Gasteiger partial charge in [0.1, 0.15) is 0 Å². The van der Waals surface area contributed by atoms with Crippen LogP contribution in [-0.4, -0.2) is 11.5 Å². The number of rotatable bonds is 5. The number of nitrogens with one attached hydrogen (secondary N) is 1. The topological polar surface area (TPSA) is 24.9 Å². The Morgan fingerprint density at radius 1 is 1.21 bits per heavy atom. The van der Waals surface area contributed by atoms with E-state index in [4.69, 9.17) is 0 Å². The van der Waals surface area contributed by atoms with Gasteiger partial charge in [-0.3, -0.25) is 0 Å². The molecule has 0 fully saturated rings. The summed E-state index contributed by atoms with van der Waals surface area (Å²) in [6, 6.07) is 0. The Bertz CT molecular complexity index is 405. The number of halogens is 3. The largest absolute Gasteiger partial charge is 0.434 e. The van der Waals surface area contributed by atoms with Crippen molar-refractivity contribution < 1.29 is 13.2 Å². The summed E-state index contributed by atoms with van der Waals surface area (Å²) in [6.45, 7) is 8.92. The lowest BCUT2D eigenvalue weighted by molar-refractivity contribution is -0.141. The fourth-order valence-corrected chi connectivity index (χ4v) is 3.01. The molecule has 0 saturated heterocycles. The second-order valence-corrected chi connectivity index (χ2v) is 6.96. The molecular formula is C13H21F3N2S. The number of nitrogens with zero attached hydrogens (tertiary/aromatic N) is 1. The molecule has 6 heteroatoms. The van der Waals surface area contributed by atoms with Gasteiger partial charge in [-0.1, -0.05) is 27.7 Å². The first-order chi connectivity index (χ1) is 8.63. The lowest BCUT2D eigenvalue weighted by Gasteiger charge is -2.15. The first-order valence-corrected chi connectivity index (χ1v) is 7.21. The van der Waals surface area contributed by atoms with Gasteiger partial charge in [0.2, 0.25) is 0 Å². The van der Waals surface area contributed by atoms with Crippen molar-refractivity contribution in [3.63, 3.8) is 0 Å². The smallest absolute Gasteiger partial charge is 0.312 e. The van der Waals surface area contributed by atoms with Crippen molar-refractivity contribution in [2.75, 3.05) is 6.54 Å². The molecule has 0 spiro atoms. The van der Waals surface area contributed by atoms with Crippen molar-refractivity contribution in [2.24, 2.45) is 5.41 Å². The van der Waals surface area contributed by atoms with E-state index in [2.05, 4.69) is 10.3 Å². The predicted molar refractivity (Wildman–Crippen MR) is 72.3 cm³/mol. The minimum atomic E-state index is -4.37. The third-order valence-electron chi connectivity index (χ3n) is 2.40. The molecule has 0 amide bonds. The summed E-state index contributed by atoms with van der Waals surface area (Å²) in [5.74, 6) is 0. The van der Waals surface area contributed by atoms with Gasteiger partial charge >= 0.3 is 6.18 Å². The van der Waals surface area contributed by atoms with Crippen LogP contribution in [0.2, 0.25) is 0 Å². The maximum absolute atomic E-state index is 12.9. The maximum Gasteiger partial charge on any atom is 0.434 e. The van der Waals surface area contributed by atoms with Gasteiger partial charge in [-0.05, 0) is 18.4 Å². The van der Waals surface area contributed by atoms with Crippen LogP contribution in [0.3, 0.4) is 0 Å². The minimum Gasteiger partial charge on any atom is -0.312 e. The van der Waals surface area contributed by atoms with Crippen LogP contribution in [0.4, 0.5) is 13.2 Å². The zero-order valence-electron chi connectivity index (χ0n) is 11.8. The van der Waals surface area contributed by atoms with Gasteiger partial charge in [0.15, 0.2) is 5.69 Å². The zero-order valence-corrected chi connectivity index (χ0v) is 12.6. The average molecular weight is 294 g/mol. The third kappa shape index (κ3) is 5.48. The minimum absolute atomic E-state index is 0.0607. The van der Waals surface area contributed by atoms with Crippen LogP contribution in [0.15, 0.2) is 0 Å². The summed E-state index contributed by atoms with van der Waals surface area (Å²) in [6.07, 6.45) is -2.90. The second kappa shape index (κ2) is 6.22. The second-order valence-electron chi connectivity index (χ2n) is 5.79. The van der Waals surface area contributed by atoms with Gasteiger partial charge in [-0.2, -0.15) is 13.2 Å². The van der Waals surface area contributed by atoms with E-state index in [-0.39, 0.29) is 12.0 Å². The summed E-state index contributed by atoms with van der Waals surface area (Å²) < 4.78 is 38.8. The summed E-state index contributed by atoms with van der Waals surface area (Å²) in [7, 11) is 0. The molecule has 0 aliphatic heterocycles. The SMILES string of the molecule is CCCNCc1sc(CC(C)(C)C)nc1C(F)(F)F. The lowest BCUT2D eigenvalue weighted by Crippen LogP contribution is -2.17. The Morgan fingerprint density at radius 2 is 1.84 bits per heavy atom. The Kier molecular flexibility index (Phi) is 5.38. The van der Waals surface area contributed by atoms with Gasteiger partial charge in [0.25, 0.3) is 0 Å². The number of thiazole rings is 1. The molecule has 0 aliphatic carbocycles. The van der Waals surface area contributed by atoms with Crippen molar-refractivity contribution in [3.8, 4) is 0 Å². The Balaban J connectivity index is 2.93. The van der Waals surface area contributed by atoms with Gasteiger partial charge < -0.3 is 5.32 Å². The lowest BCUT2D eigenvalue weighted by atomic mass is 9.93. The first-order valence-electron chi connectivity index (χ1n) is 6.40. The van der Waals surface area contributed by atoms with Crippen LogP contribution < -0.4 is 5.32 Å². The van der Waals surface area contributed by atoms with Crippen LogP contribution in [0, 0.1) is 5.41 Å². The van der Waals surface area contributed by atoms with Crippen molar-refractivity contribution >= 4 is 11.3 Å². The highest BCUT2D eigenvalue weighted by Crippen LogP contribution is 2.36. The van der Waals surface area contributed by atoms with Crippen LogP contribution in [0.1, 0.15) is 49.7 Å². The van der Waals surface area contributed by atoms with Crippen LogP contribution >= 0.6 is 11.3 Å². The molecule has 0 bridgehead atoms. The molecule has 0 aliphatic rings. The molecule has 1 aromatic rings. The summed E-state index contributed by atoms with van der Waals surface area (Å²) in [5.41, 5.74) is -0.783. The molecule has 1 N–H and O–H groups in total. The molecule has 0 atom stereocenters. The highest BCUT2D eigenvalue weighted by atomic mass is 32.1. The summed E-state index contributed by atoms with van der Waals surface area (Å²) in [5, 5.41) is 3.57. The standard InChI is InChI=1S/C13H21F3N2S/c1-5-6-17-8-9-11(13(14,15)16)18-10(19-9)7-12(2,3)4/h17H,5-8H2,1-4H3. The molecule has 1 heterocycles. The fourth-order valence-electron chi connectivity index (χ4n) is 1.65. The summed E-state index contributed by atoms with van der Waals surface area (Å²) in [4.78, 5) is 4.09. The predicted octanol–water partition coefficient (Wildman–Crippen LogP) is 4.25. The van der Waals surface area contributed by atoms with Crippen molar-refractivity contribution in [1.29, 1.82) is 0 Å². The van der Waals surface area contributed by atoms with Crippen molar-refractivity contribution in [3.05, 3.63) is 15.6 Å². The molecule has 110 valence electrons. The molecule has 1 aromatic heterocycles. The Labute approximate surface area is 116 Å². The average Bonchev–Trinajstić information content (AvgIpc) is 2.58. The monoisotopic (exact) mass is 294 g/mol. The van der Waals surface area contributed by atoms with Gasteiger partial charge in [0, 0.05) is 13.0 Å².